The Morgan fingerprint density at radius 3 is 2.42 bits per heavy atom. The van der Waals surface area contributed by atoms with Crippen molar-refractivity contribution in [2.45, 2.75) is 12.8 Å². The first-order valence-corrected chi connectivity index (χ1v) is 5.56. The second-order valence-corrected chi connectivity index (χ2v) is 4.13. The number of carbonyl (C=O) groups excluding carboxylic acids is 1. The standard InChI is InChI=1S/C9H5F5INO3/c1-18-8(17)6-5(15)3(7(10)11)2-4(16-6)19-9(12,13)14/h2,7H,1H3. The van der Waals surface area contributed by atoms with Crippen molar-refractivity contribution in [2.24, 2.45) is 0 Å². The predicted molar refractivity (Wildman–Crippen MR) is 59.9 cm³/mol. The molecule has 0 saturated heterocycles. The third-order valence-corrected chi connectivity index (χ3v) is 2.93. The Morgan fingerprint density at radius 1 is 1.42 bits per heavy atom. The lowest BCUT2D eigenvalue weighted by Crippen LogP contribution is -2.20. The van der Waals surface area contributed by atoms with Gasteiger partial charge in [-0.25, -0.2) is 18.6 Å². The molecular formula is C9H5F5INO3. The first-order chi connectivity index (χ1) is 8.65. The van der Waals surface area contributed by atoms with Gasteiger partial charge in [0, 0.05) is 11.6 Å². The van der Waals surface area contributed by atoms with E-state index in [1.54, 1.807) is 0 Å². The van der Waals surface area contributed by atoms with Gasteiger partial charge < -0.3 is 9.47 Å². The Hall–Kier alpha value is -1.20. The molecule has 1 aromatic heterocycles. The molecular weight excluding hydrogens is 392 g/mol. The van der Waals surface area contributed by atoms with Gasteiger partial charge in [-0.15, -0.1) is 13.2 Å². The molecule has 0 aliphatic rings. The highest BCUT2D eigenvalue weighted by molar-refractivity contribution is 14.1. The molecule has 0 aromatic carbocycles. The van der Waals surface area contributed by atoms with Crippen LogP contribution < -0.4 is 4.74 Å². The third-order valence-electron chi connectivity index (χ3n) is 1.80. The summed E-state index contributed by atoms with van der Waals surface area (Å²) in [6.45, 7) is 0. The van der Waals surface area contributed by atoms with Gasteiger partial charge in [0.05, 0.1) is 10.7 Å². The molecule has 10 heteroatoms. The number of hydrogen-bond donors (Lipinski definition) is 0. The Labute approximate surface area is 117 Å². The molecule has 0 atom stereocenters. The number of aromatic nitrogens is 1. The van der Waals surface area contributed by atoms with Crippen molar-refractivity contribution >= 4 is 28.6 Å². The van der Waals surface area contributed by atoms with E-state index in [2.05, 4.69) is 14.5 Å². The second kappa shape index (κ2) is 5.84. The smallest absolute Gasteiger partial charge is 0.464 e. The number of methoxy groups -OCH3 is 1. The largest absolute Gasteiger partial charge is 0.574 e. The van der Waals surface area contributed by atoms with E-state index in [0.717, 1.165) is 7.11 Å². The summed E-state index contributed by atoms with van der Waals surface area (Å²) in [7, 11) is 0.944. The van der Waals surface area contributed by atoms with Crippen LogP contribution in [0.2, 0.25) is 0 Å². The number of pyridine rings is 1. The van der Waals surface area contributed by atoms with Crippen molar-refractivity contribution in [1.29, 1.82) is 0 Å². The molecule has 1 aromatic rings. The van der Waals surface area contributed by atoms with Gasteiger partial charge in [-0.2, -0.15) is 0 Å². The number of rotatable bonds is 3. The summed E-state index contributed by atoms with van der Waals surface area (Å²) in [5.41, 5.74) is -1.46. The minimum absolute atomic E-state index is 0.297. The third kappa shape index (κ3) is 4.14. The topological polar surface area (TPSA) is 48.4 Å². The van der Waals surface area contributed by atoms with Crippen molar-refractivity contribution in [3.05, 3.63) is 20.9 Å². The Balaban J connectivity index is 3.35. The van der Waals surface area contributed by atoms with Crippen molar-refractivity contribution in [3.8, 4) is 5.88 Å². The number of alkyl halides is 5. The summed E-state index contributed by atoms with van der Waals surface area (Å²) < 4.78 is 68.8. The maximum Gasteiger partial charge on any atom is 0.574 e. The summed E-state index contributed by atoms with van der Waals surface area (Å²) in [6.07, 6.45) is -8.19. The number of ether oxygens (including phenoxy) is 2. The van der Waals surface area contributed by atoms with Crippen LogP contribution in [-0.4, -0.2) is 24.4 Å². The molecule has 0 unspecified atom stereocenters. The van der Waals surface area contributed by atoms with E-state index in [1.165, 1.54) is 22.6 Å². The highest BCUT2D eigenvalue weighted by Crippen LogP contribution is 2.31. The van der Waals surface area contributed by atoms with E-state index in [9.17, 15) is 26.7 Å². The average Bonchev–Trinajstić information content (AvgIpc) is 2.27. The van der Waals surface area contributed by atoms with E-state index in [4.69, 9.17) is 0 Å². The summed E-state index contributed by atoms with van der Waals surface area (Å²) >= 11 is 1.37. The van der Waals surface area contributed by atoms with Crippen molar-refractivity contribution in [1.82, 2.24) is 4.98 Å². The summed E-state index contributed by atoms with van der Waals surface area (Å²) in [5.74, 6) is -2.29. The number of esters is 1. The van der Waals surface area contributed by atoms with Gasteiger partial charge in [0.1, 0.15) is 0 Å². The zero-order valence-corrected chi connectivity index (χ0v) is 11.3. The average molecular weight is 397 g/mol. The van der Waals surface area contributed by atoms with E-state index in [0.29, 0.717) is 6.07 Å². The number of carbonyl (C=O) groups is 1. The fraction of sp³-hybridized carbons (Fsp3) is 0.333. The summed E-state index contributed by atoms with van der Waals surface area (Å²) in [4.78, 5) is 14.5. The zero-order valence-electron chi connectivity index (χ0n) is 9.09. The van der Waals surface area contributed by atoms with Crippen molar-refractivity contribution < 1.29 is 36.2 Å². The minimum Gasteiger partial charge on any atom is -0.464 e. The molecule has 4 nitrogen and oxygen atoms in total. The van der Waals surface area contributed by atoms with Crippen LogP contribution in [0.3, 0.4) is 0 Å². The van der Waals surface area contributed by atoms with Crippen molar-refractivity contribution in [3.63, 3.8) is 0 Å². The monoisotopic (exact) mass is 397 g/mol. The lowest BCUT2D eigenvalue weighted by molar-refractivity contribution is -0.276. The molecule has 0 saturated carbocycles. The van der Waals surface area contributed by atoms with Gasteiger partial charge in [-0.3, -0.25) is 0 Å². The van der Waals surface area contributed by atoms with Gasteiger partial charge in [0.25, 0.3) is 6.43 Å². The quantitative estimate of drug-likeness (QED) is 0.446. The van der Waals surface area contributed by atoms with Crippen LogP contribution >= 0.6 is 22.6 Å². The second-order valence-electron chi connectivity index (χ2n) is 3.05. The van der Waals surface area contributed by atoms with Crippen LogP contribution in [0.25, 0.3) is 0 Å². The number of nitrogens with zero attached hydrogens (tertiary/aromatic N) is 1. The highest BCUT2D eigenvalue weighted by Gasteiger charge is 2.33. The Morgan fingerprint density at radius 2 is 2.00 bits per heavy atom. The van der Waals surface area contributed by atoms with Crippen molar-refractivity contribution in [2.75, 3.05) is 7.11 Å². The first kappa shape index (κ1) is 15.9. The minimum atomic E-state index is -5.10. The van der Waals surface area contributed by atoms with Crippen LogP contribution in [0.15, 0.2) is 6.07 Å². The fourth-order valence-electron chi connectivity index (χ4n) is 1.09. The van der Waals surface area contributed by atoms with Gasteiger partial charge in [-0.1, -0.05) is 0 Å². The zero-order chi connectivity index (χ0) is 14.8. The lowest BCUT2D eigenvalue weighted by Gasteiger charge is -2.12. The molecule has 0 amide bonds. The highest BCUT2D eigenvalue weighted by atomic mass is 127. The van der Waals surface area contributed by atoms with E-state index >= 15 is 0 Å². The van der Waals surface area contributed by atoms with Crippen LogP contribution in [0, 0.1) is 3.57 Å². The number of halogens is 6. The van der Waals surface area contributed by atoms with Crippen LogP contribution in [0.4, 0.5) is 22.0 Å². The molecule has 0 fully saturated rings. The first-order valence-electron chi connectivity index (χ1n) is 4.48. The molecule has 0 radical (unpaired) electrons. The van der Waals surface area contributed by atoms with Crippen LogP contribution in [0.5, 0.6) is 5.88 Å². The molecule has 0 N–H and O–H groups in total. The SMILES string of the molecule is COC(=O)c1nc(OC(F)(F)F)cc(C(F)F)c1I. The maximum atomic E-state index is 12.7. The summed E-state index contributed by atoms with van der Waals surface area (Å²) in [6, 6.07) is 0.423. The molecule has 106 valence electrons. The van der Waals surface area contributed by atoms with Gasteiger partial charge in [0.2, 0.25) is 5.88 Å². The molecule has 0 aliphatic heterocycles. The predicted octanol–water partition coefficient (Wildman–Crippen LogP) is 3.31. The Bertz CT molecular complexity index is 491. The Kier molecular flexibility index (Phi) is 4.87. The molecule has 19 heavy (non-hydrogen) atoms. The lowest BCUT2D eigenvalue weighted by atomic mass is 10.2. The van der Waals surface area contributed by atoms with Crippen LogP contribution in [-0.2, 0) is 4.74 Å². The normalized spacial score (nSPS) is 11.6. The molecule has 0 bridgehead atoms. The van der Waals surface area contributed by atoms with Gasteiger partial charge in [-0.05, 0) is 22.6 Å². The molecule has 0 spiro atoms. The maximum absolute atomic E-state index is 12.7. The van der Waals surface area contributed by atoms with Crippen LogP contribution in [0.1, 0.15) is 22.5 Å². The number of hydrogen-bond acceptors (Lipinski definition) is 4. The van der Waals surface area contributed by atoms with E-state index in [-0.39, 0.29) is 3.57 Å². The fourth-order valence-corrected chi connectivity index (χ4v) is 1.82. The van der Waals surface area contributed by atoms with Gasteiger partial charge in [0.15, 0.2) is 5.69 Å². The molecule has 1 heterocycles. The summed E-state index contributed by atoms with van der Waals surface area (Å²) in [5, 5.41) is 0. The van der Waals surface area contributed by atoms with E-state index in [1.807, 2.05) is 0 Å². The molecule has 0 aliphatic carbocycles. The van der Waals surface area contributed by atoms with E-state index < -0.39 is 35.9 Å². The van der Waals surface area contributed by atoms with Gasteiger partial charge >= 0.3 is 12.3 Å². The molecule has 1 rings (SSSR count).